The Kier molecular flexibility index (Phi) is 6.08. The molecular formula is C30H32F3N5O4. The lowest BCUT2D eigenvalue weighted by atomic mass is 9.48. The lowest BCUT2D eigenvalue weighted by Gasteiger charge is -2.59. The molecule has 2 heterocycles. The summed E-state index contributed by atoms with van der Waals surface area (Å²) in [6.45, 7) is 0.360. The van der Waals surface area contributed by atoms with Crippen molar-refractivity contribution in [1.29, 1.82) is 0 Å². The number of fused-ring (bicyclic) bond motifs is 1. The second-order valence-electron chi connectivity index (χ2n) is 12.7. The van der Waals surface area contributed by atoms with Crippen molar-refractivity contribution in [2.24, 2.45) is 29.6 Å². The third-order valence-corrected chi connectivity index (χ3v) is 10.4. The molecule has 0 spiro atoms. The molecule has 0 saturated heterocycles. The summed E-state index contributed by atoms with van der Waals surface area (Å²) >= 11 is 0. The number of carboxylic acids is 1. The lowest BCUT2D eigenvalue weighted by Crippen LogP contribution is -2.70. The molecule has 1 aromatic heterocycles. The monoisotopic (exact) mass is 583 g/mol. The number of hydrogen-bond donors (Lipinski definition) is 3. The van der Waals surface area contributed by atoms with E-state index >= 15 is 0 Å². The Morgan fingerprint density at radius 3 is 2.36 bits per heavy atom. The predicted molar refractivity (Wildman–Crippen MR) is 144 cm³/mol. The van der Waals surface area contributed by atoms with Gasteiger partial charge in [-0.2, -0.15) is 13.2 Å². The van der Waals surface area contributed by atoms with E-state index in [-0.39, 0.29) is 35.5 Å². The number of carbonyl (C=O) groups excluding carboxylic acids is 2. The fourth-order valence-corrected chi connectivity index (χ4v) is 8.57. The molecule has 42 heavy (non-hydrogen) atoms. The van der Waals surface area contributed by atoms with E-state index in [0.717, 1.165) is 30.2 Å². The van der Waals surface area contributed by atoms with Crippen molar-refractivity contribution in [3.8, 4) is 0 Å². The number of halogens is 3. The molecule has 3 N–H and O–H groups in total. The number of hydrogen-bond acceptors (Lipinski definition) is 6. The van der Waals surface area contributed by atoms with Crippen molar-refractivity contribution in [2.75, 3.05) is 18.5 Å². The first-order valence-corrected chi connectivity index (χ1v) is 14.6. The quantitative estimate of drug-likeness (QED) is 0.469. The Hall–Kier alpha value is -3.70. The maximum atomic E-state index is 14.3. The molecule has 6 aliphatic rings. The summed E-state index contributed by atoms with van der Waals surface area (Å²) in [6, 6.07) is 5.69. The lowest BCUT2D eigenvalue weighted by molar-refractivity contribution is -0.163. The normalized spacial score (nSPS) is 32.4. The molecule has 222 valence electrons. The largest absolute Gasteiger partial charge is 0.479 e. The molecule has 2 unspecified atom stereocenters. The van der Waals surface area contributed by atoms with Gasteiger partial charge in [-0.05, 0) is 91.7 Å². The summed E-state index contributed by atoms with van der Waals surface area (Å²) in [5.41, 5.74) is -1.12. The highest BCUT2D eigenvalue weighted by molar-refractivity contribution is 5.99. The standard InChI is InChI=1S/C30H32F3N5O4/c1-34-25(39)21-12-20(21)16-2-3-23-17(11-16)4-5-38(23)28-35-13-22(24(36-28)30(31,32)33)26(40)37-29(27(41)42)18-7-14-6-15(9-18)10-19(29)8-14/h2-3,11,13-15,18-21H,4-10,12H2,1H3,(H,34,39)(H,37,40)(H,41,42). The highest BCUT2D eigenvalue weighted by atomic mass is 19.4. The van der Waals surface area contributed by atoms with Crippen LogP contribution in [0.15, 0.2) is 24.4 Å². The van der Waals surface area contributed by atoms with Gasteiger partial charge in [0, 0.05) is 31.4 Å². The van der Waals surface area contributed by atoms with Gasteiger partial charge in [-0.3, -0.25) is 9.59 Å². The van der Waals surface area contributed by atoms with Crippen LogP contribution in [0.5, 0.6) is 0 Å². The van der Waals surface area contributed by atoms with Crippen LogP contribution in [0.25, 0.3) is 0 Å². The van der Waals surface area contributed by atoms with Crippen LogP contribution in [-0.4, -0.2) is 52.0 Å². The third-order valence-electron chi connectivity index (χ3n) is 10.4. The van der Waals surface area contributed by atoms with E-state index in [1.165, 1.54) is 0 Å². The average molecular weight is 584 g/mol. The number of alkyl halides is 3. The average Bonchev–Trinajstić information content (AvgIpc) is 3.64. The number of nitrogens with zero attached hydrogens (tertiary/aromatic N) is 3. The molecule has 5 aliphatic carbocycles. The van der Waals surface area contributed by atoms with Gasteiger partial charge in [-0.15, -0.1) is 0 Å². The van der Waals surface area contributed by atoms with E-state index in [2.05, 4.69) is 20.6 Å². The number of aromatic nitrogens is 2. The molecular weight excluding hydrogens is 551 g/mol. The van der Waals surface area contributed by atoms with Gasteiger partial charge in [0.1, 0.15) is 5.54 Å². The van der Waals surface area contributed by atoms with Crippen molar-refractivity contribution in [3.05, 3.63) is 46.8 Å². The van der Waals surface area contributed by atoms with Crippen LogP contribution in [0.2, 0.25) is 0 Å². The van der Waals surface area contributed by atoms with Gasteiger partial charge in [-0.25, -0.2) is 14.8 Å². The Labute approximate surface area is 240 Å². The van der Waals surface area contributed by atoms with Gasteiger partial charge >= 0.3 is 12.1 Å². The zero-order chi connectivity index (χ0) is 29.6. The fourth-order valence-electron chi connectivity index (χ4n) is 8.57. The molecule has 0 radical (unpaired) electrons. The molecule has 1 aromatic carbocycles. The van der Waals surface area contributed by atoms with Crippen molar-refractivity contribution >= 4 is 29.4 Å². The Morgan fingerprint density at radius 1 is 1.05 bits per heavy atom. The molecule has 1 aliphatic heterocycles. The summed E-state index contributed by atoms with van der Waals surface area (Å²) in [6.07, 6.45) is 0.926. The van der Waals surface area contributed by atoms with Crippen molar-refractivity contribution in [1.82, 2.24) is 20.6 Å². The maximum absolute atomic E-state index is 14.3. The number of carbonyl (C=O) groups is 3. The van der Waals surface area contributed by atoms with Gasteiger partial charge in [0.15, 0.2) is 5.69 Å². The number of carboxylic acid groups (broad SMARTS) is 1. The first kappa shape index (κ1) is 27.2. The summed E-state index contributed by atoms with van der Waals surface area (Å²) in [7, 11) is 1.61. The second-order valence-corrected chi connectivity index (χ2v) is 12.7. The minimum atomic E-state index is -4.96. The van der Waals surface area contributed by atoms with Crippen molar-refractivity contribution in [3.63, 3.8) is 0 Å². The molecule has 9 nitrogen and oxygen atoms in total. The number of anilines is 2. The van der Waals surface area contributed by atoms with E-state index < -0.39 is 34.8 Å². The van der Waals surface area contributed by atoms with Gasteiger partial charge < -0.3 is 20.6 Å². The molecule has 5 saturated carbocycles. The van der Waals surface area contributed by atoms with Crippen molar-refractivity contribution in [2.45, 2.75) is 62.6 Å². The maximum Gasteiger partial charge on any atom is 0.434 e. The highest BCUT2D eigenvalue weighted by Gasteiger charge is 2.62. The molecule has 5 fully saturated rings. The number of rotatable bonds is 6. The smallest absolute Gasteiger partial charge is 0.434 e. The Bertz CT molecular complexity index is 1470. The van der Waals surface area contributed by atoms with Crippen LogP contribution in [0.4, 0.5) is 24.8 Å². The number of nitrogens with one attached hydrogen (secondary N) is 2. The van der Waals surface area contributed by atoms with Crippen LogP contribution >= 0.6 is 0 Å². The van der Waals surface area contributed by atoms with Crippen LogP contribution in [0.3, 0.4) is 0 Å². The summed E-state index contributed by atoms with van der Waals surface area (Å²) in [4.78, 5) is 47.7. The van der Waals surface area contributed by atoms with E-state index in [0.29, 0.717) is 56.2 Å². The van der Waals surface area contributed by atoms with Gasteiger partial charge in [0.25, 0.3) is 5.91 Å². The van der Waals surface area contributed by atoms with Gasteiger partial charge in [0.05, 0.1) is 5.56 Å². The molecule has 8 rings (SSSR count). The van der Waals surface area contributed by atoms with Crippen LogP contribution < -0.4 is 15.5 Å². The van der Waals surface area contributed by atoms with E-state index in [9.17, 15) is 32.7 Å². The van der Waals surface area contributed by atoms with Gasteiger partial charge in [-0.1, -0.05) is 12.1 Å². The first-order valence-electron chi connectivity index (χ1n) is 14.6. The van der Waals surface area contributed by atoms with Crippen LogP contribution in [-0.2, 0) is 22.2 Å². The summed E-state index contributed by atoms with van der Waals surface area (Å²) in [5, 5.41) is 15.6. The van der Waals surface area contributed by atoms with E-state index in [4.69, 9.17) is 0 Å². The topological polar surface area (TPSA) is 125 Å². The SMILES string of the molecule is CNC(=O)C1CC1c1ccc2c(c1)CCN2c1ncc(C(=O)NC2(C(=O)O)C3CC4CC(C3)CC2C4)c(C(F)(F)F)n1. The molecule has 2 amide bonds. The second kappa shape index (κ2) is 9.40. The van der Waals surface area contributed by atoms with Crippen LogP contribution in [0.1, 0.15) is 71.6 Å². The Morgan fingerprint density at radius 2 is 1.74 bits per heavy atom. The minimum absolute atomic E-state index is 0.00286. The van der Waals surface area contributed by atoms with Crippen molar-refractivity contribution < 1.29 is 32.7 Å². The number of aliphatic carboxylic acids is 1. The number of benzene rings is 1. The zero-order valence-corrected chi connectivity index (χ0v) is 23.1. The molecule has 2 aromatic rings. The highest BCUT2D eigenvalue weighted by Crippen LogP contribution is 2.58. The predicted octanol–water partition coefficient (Wildman–Crippen LogP) is 4.05. The molecule has 2 atom stereocenters. The minimum Gasteiger partial charge on any atom is -0.479 e. The van der Waals surface area contributed by atoms with Crippen LogP contribution in [0, 0.1) is 29.6 Å². The number of amides is 2. The Balaban J connectivity index is 1.17. The van der Waals surface area contributed by atoms with E-state index in [1.807, 2.05) is 18.2 Å². The van der Waals surface area contributed by atoms with E-state index in [1.54, 1.807) is 11.9 Å². The third kappa shape index (κ3) is 4.16. The zero-order valence-electron chi connectivity index (χ0n) is 23.1. The first-order chi connectivity index (χ1) is 20.0. The molecule has 12 heteroatoms. The summed E-state index contributed by atoms with van der Waals surface area (Å²) in [5.74, 6) is -2.21. The summed E-state index contributed by atoms with van der Waals surface area (Å²) < 4.78 is 43.0. The fraction of sp³-hybridized carbons (Fsp3) is 0.567. The molecule has 4 bridgehead atoms. The van der Waals surface area contributed by atoms with Gasteiger partial charge in [0.2, 0.25) is 11.9 Å².